The summed E-state index contributed by atoms with van der Waals surface area (Å²) in [6.45, 7) is 1.54. The number of hydrogen-bond acceptors (Lipinski definition) is 3. The standard InChI is InChI=1S/C17H17NO3/c1-11(19)14-3-2-4-15(10-14)13-7-5-12(6-8-13)9-16(18)17(20)21/h2-8,10,16H,9,18H2,1H3,(H,20,21). The summed E-state index contributed by atoms with van der Waals surface area (Å²) >= 11 is 0. The van der Waals surface area contributed by atoms with Gasteiger partial charge in [0.25, 0.3) is 0 Å². The van der Waals surface area contributed by atoms with E-state index in [1.165, 1.54) is 6.92 Å². The van der Waals surface area contributed by atoms with Crippen LogP contribution in [0.3, 0.4) is 0 Å². The fourth-order valence-electron chi connectivity index (χ4n) is 2.09. The van der Waals surface area contributed by atoms with Crippen LogP contribution in [0.2, 0.25) is 0 Å². The SMILES string of the molecule is CC(=O)c1cccc(-c2ccc(CC(N)C(=O)O)cc2)c1. The molecule has 0 radical (unpaired) electrons. The lowest BCUT2D eigenvalue weighted by Crippen LogP contribution is -2.32. The highest BCUT2D eigenvalue weighted by Crippen LogP contribution is 2.21. The molecule has 4 nitrogen and oxygen atoms in total. The predicted molar refractivity (Wildman–Crippen MR) is 81.2 cm³/mol. The summed E-state index contributed by atoms with van der Waals surface area (Å²) in [5, 5.41) is 8.80. The quantitative estimate of drug-likeness (QED) is 0.826. The van der Waals surface area contributed by atoms with Crippen molar-refractivity contribution < 1.29 is 14.7 Å². The van der Waals surface area contributed by atoms with Crippen molar-refractivity contribution in [1.29, 1.82) is 0 Å². The summed E-state index contributed by atoms with van der Waals surface area (Å²) < 4.78 is 0. The van der Waals surface area contributed by atoms with E-state index >= 15 is 0 Å². The van der Waals surface area contributed by atoms with Crippen molar-refractivity contribution in [2.45, 2.75) is 19.4 Å². The molecule has 0 spiro atoms. The minimum Gasteiger partial charge on any atom is -0.480 e. The van der Waals surface area contributed by atoms with Crippen molar-refractivity contribution in [3.8, 4) is 11.1 Å². The molecule has 0 heterocycles. The van der Waals surface area contributed by atoms with Crippen LogP contribution in [0.1, 0.15) is 22.8 Å². The van der Waals surface area contributed by atoms with Crippen LogP contribution in [0, 0.1) is 0 Å². The van der Waals surface area contributed by atoms with Gasteiger partial charge < -0.3 is 10.8 Å². The van der Waals surface area contributed by atoms with Crippen molar-refractivity contribution >= 4 is 11.8 Å². The molecule has 0 bridgehead atoms. The van der Waals surface area contributed by atoms with E-state index in [2.05, 4.69) is 0 Å². The van der Waals surface area contributed by atoms with Crippen LogP contribution in [0.15, 0.2) is 48.5 Å². The van der Waals surface area contributed by atoms with Crippen molar-refractivity contribution in [2.75, 3.05) is 0 Å². The van der Waals surface area contributed by atoms with Gasteiger partial charge in [-0.3, -0.25) is 9.59 Å². The average molecular weight is 283 g/mol. The normalized spacial score (nSPS) is 11.9. The Morgan fingerprint density at radius 2 is 1.76 bits per heavy atom. The van der Waals surface area contributed by atoms with Crippen LogP contribution in [0.5, 0.6) is 0 Å². The molecule has 3 N–H and O–H groups in total. The maximum atomic E-state index is 11.4. The highest BCUT2D eigenvalue weighted by Gasteiger charge is 2.12. The molecule has 4 heteroatoms. The van der Waals surface area contributed by atoms with Gasteiger partial charge in [0.15, 0.2) is 5.78 Å². The first-order valence-electron chi connectivity index (χ1n) is 6.66. The van der Waals surface area contributed by atoms with Crippen LogP contribution >= 0.6 is 0 Å². The number of aliphatic carboxylic acids is 1. The van der Waals surface area contributed by atoms with Gasteiger partial charge in [-0.15, -0.1) is 0 Å². The van der Waals surface area contributed by atoms with Crippen LogP contribution in [-0.4, -0.2) is 22.9 Å². The molecule has 0 saturated heterocycles. The van der Waals surface area contributed by atoms with Gasteiger partial charge in [0, 0.05) is 5.56 Å². The lowest BCUT2D eigenvalue weighted by molar-refractivity contribution is -0.138. The second-order valence-corrected chi connectivity index (χ2v) is 4.98. The molecule has 0 saturated carbocycles. The van der Waals surface area contributed by atoms with Crippen molar-refractivity contribution in [2.24, 2.45) is 5.73 Å². The Morgan fingerprint density at radius 3 is 2.33 bits per heavy atom. The number of carbonyl (C=O) groups is 2. The number of Topliss-reactive ketones (excluding diaryl/α,β-unsaturated/α-hetero) is 1. The molecule has 0 aliphatic carbocycles. The topological polar surface area (TPSA) is 80.4 Å². The molecule has 1 unspecified atom stereocenters. The minimum absolute atomic E-state index is 0.0286. The van der Waals surface area contributed by atoms with Gasteiger partial charge in [-0.05, 0) is 36.1 Å². The van der Waals surface area contributed by atoms with Gasteiger partial charge in [0.2, 0.25) is 0 Å². The molecular weight excluding hydrogens is 266 g/mol. The third-order valence-corrected chi connectivity index (χ3v) is 3.33. The number of ketones is 1. The summed E-state index contributed by atoms with van der Waals surface area (Å²) in [5.74, 6) is -0.978. The monoisotopic (exact) mass is 283 g/mol. The number of hydrogen-bond donors (Lipinski definition) is 2. The third kappa shape index (κ3) is 3.77. The zero-order chi connectivity index (χ0) is 15.4. The average Bonchev–Trinajstić information content (AvgIpc) is 2.48. The first-order valence-corrected chi connectivity index (χ1v) is 6.66. The lowest BCUT2D eigenvalue weighted by atomic mass is 9.99. The number of rotatable bonds is 5. The molecule has 2 rings (SSSR count). The van der Waals surface area contributed by atoms with Gasteiger partial charge in [0.05, 0.1) is 0 Å². The number of carboxylic acid groups (broad SMARTS) is 1. The highest BCUT2D eigenvalue weighted by atomic mass is 16.4. The maximum absolute atomic E-state index is 11.4. The summed E-state index contributed by atoms with van der Waals surface area (Å²) in [6.07, 6.45) is 0.295. The van der Waals surface area contributed by atoms with E-state index < -0.39 is 12.0 Å². The molecule has 0 aromatic heterocycles. The molecule has 0 amide bonds. The molecule has 0 fully saturated rings. The largest absolute Gasteiger partial charge is 0.480 e. The van der Waals surface area contributed by atoms with Crippen LogP contribution in [-0.2, 0) is 11.2 Å². The Labute approximate surface area is 123 Å². The highest BCUT2D eigenvalue weighted by molar-refractivity contribution is 5.95. The molecule has 0 aliphatic heterocycles. The van der Waals surface area contributed by atoms with Crippen LogP contribution < -0.4 is 5.73 Å². The second-order valence-electron chi connectivity index (χ2n) is 4.98. The zero-order valence-corrected chi connectivity index (χ0v) is 11.7. The Kier molecular flexibility index (Phi) is 4.50. The molecule has 0 aliphatic rings. The zero-order valence-electron chi connectivity index (χ0n) is 11.7. The number of carbonyl (C=O) groups excluding carboxylic acids is 1. The summed E-state index contributed by atoms with van der Waals surface area (Å²) in [6, 6.07) is 14.1. The molecule has 2 aromatic carbocycles. The van der Waals surface area contributed by atoms with E-state index in [1.807, 2.05) is 42.5 Å². The van der Waals surface area contributed by atoms with Gasteiger partial charge >= 0.3 is 5.97 Å². The first-order chi connectivity index (χ1) is 9.97. The van der Waals surface area contributed by atoms with E-state index in [0.29, 0.717) is 12.0 Å². The van der Waals surface area contributed by atoms with E-state index in [1.54, 1.807) is 6.07 Å². The molecule has 108 valence electrons. The Balaban J connectivity index is 2.21. The lowest BCUT2D eigenvalue weighted by Gasteiger charge is -2.08. The van der Waals surface area contributed by atoms with E-state index in [0.717, 1.165) is 16.7 Å². The number of nitrogens with two attached hydrogens (primary N) is 1. The van der Waals surface area contributed by atoms with Crippen molar-refractivity contribution in [1.82, 2.24) is 0 Å². The van der Waals surface area contributed by atoms with Gasteiger partial charge in [-0.1, -0.05) is 42.5 Å². The van der Waals surface area contributed by atoms with Crippen LogP contribution in [0.25, 0.3) is 11.1 Å². The van der Waals surface area contributed by atoms with E-state index in [9.17, 15) is 9.59 Å². The molecule has 21 heavy (non-hydrogen) atoms. The summed E-state index contributed by atoms with van der Waals surface area (Å²) in [4.78, 5) is 22.1. The predicted octanol–water partition coefficient (Wildman–Crippen LogP) is 2.51. The minimum atomic E-state index is -1.01. The fourth-order valence-corrected chi connectivity index (χ4v) is 2.09. The Hall–Kier alpha value is -2.46. The van der Waals surface area contributed by atoms with E-state index in [4.69, 9.17) is 10.8 Å². The van der Waals surface area contributed by atoms with Crippen LogP contribution in [0.4, 0.5) is 0 Å². The number of benzene rings is 2. The first kappa shape index (κ1) is 14.9. The molecule has 1 atom stereocenters. The summed E-state index contributed by atoms with van der Waals surface area (Å²) in [5.41, 5.74) is 8.99. The summed E-state index contributed by atoms with van der Waals surface area (Å²) in [7, 11) is 0. The Bertz CT molecular complexity index is 662. The van der Waals surface area contributed by atoms with Gasteiger partial charge in [0.1, 0.15) is 6.04 Å². The van der Waals surface area contributed by atoms with Gasteiger partial charge in [-0.2, -0.15) is 0 Å². The smallest absolute Gasteiger partial charge is 0.320 e. The second kappa shape index (κ2) is 6.33. The molecule has 2 aromatic rings. The van der Waals surface area contributed by atoms with Gasteiger partial charge in [-0.25, -0.2) is 0 Å². The molecular formula is C17H17NO3. The Morgan fingerprint density at radius 1 is 1.10 bits per heavy atom. The maximum Gasteiger partial charge on any atom is 0.320 e. The number of carboxylic acids is 1. The van der Waals surface area contributed by atoms with Crippen molar-refractivity contribution in [3.63, 3.8) is 0 Å². The fraction of sp³-hybridized carbons (Fsp3) is 0.176. The van der Waals surface area contributed by atoms with E-state index in [-0.39, 0.29) is 5.78 Å². The van der Waals surface area contributed by atoms with Crippen molar-refractivity contribution in [3.05, 3.63) is 59.7 Å². The third-order valence-electron chi connectivity index (χ3n) is 3.33.